The Morgan fingerprint density at radius 1 is 1.18 bits per heavy atom. The van der Waals surface area contributed by atoms with Gasteiger partial charge in [-0.25, -0.2) is 0 Å². The van der Waals surface area contributed by atoms with E-state index < -0.39 is 6.29 Å². The molecule has 1 amide bonds. The van der Waals surface area contributed by atoms with E-state index in [2.05, 4.69) is 25.8 Å². The zero-order valence-electron chi connectivity index (χ0n) is 17.1. The summed E-state index contributed by atoms with van der Waals surface area (Å²) in [6.07, 6.45) is 2.30. The molecule has 0 spiro atoms. The van der Waals surface area contributed by atoms with Crippen LogP contribution in [0.15, 0.2) is 36.1 Å². The van der Waals surface area contributed by atoms with E-state index in [0.717, 1.165) is 43.7 Å². The number of allylic oxidation sites excluding steroid dienone is 1. The Kier molecular flexibility index (Phi) is 7.10. The second kappa shape index (κ2) is 9.54. The first-order chi connectivity index (χ1) is 13.5. The summed E-state index contributed by atoms with van der Waals surface area (Å²) in [4.78, 5) is 17.1. The Labute approximate surface area is 167 Å². The van der Waals surface area contributed by atoms with Crippen LogP contribution in [0, 0.1) is 11.8 Å². The van der Waals surface area contributed by atoms with Gasteiger partial charge in [0.05, 0.1) is 13.2 Å². The second-order valence-electron chi connectivity index (χ2n) is 8.10. The van der Waals surface area contributed by atoms with Crippen molar-refractivity contribution >= 4 is 5.91 Å². The van der Waals surface area contributed by atoms with E-state index in [4.69, 9.17) is 14.6 Å². The van der Waals surface area contributed by atoms with Gasteiger partial charge in [-0.2, -0.15) is 0 Å². The summed E-state index contributed by atoms with van der Waals surface area (Å²) in [5, 5.41) is 9.15. The van der Waals surface area contributed by atoms with Crippen LogP contribution in [0.2, 0.25) is 0 Å². The fourth-order valence-corrected chi connectivity index (χ4v) is 3.50. The minimum absolute atomic E-state index is 0.0284. The molecule has 0 unspecified atom stereocenters. The number of rotatable bonds is 6. The van der Waals surface area contributed by atoms with Gasteiger partial charge in [0.25, 0.3) is 5.91 Å². The third kappa shape index (κ3) is 5.34. The van der Waals surface area contributed by atoms with E-state index in [1.165, 1.54) is 0 Å². The van der Waals surface area contributed by atoms with Crippen LogP contribution in [0.1, 0.15) is 31.4 Å². The number of nitrogens with zero attached hydrogens (tertiary/aromatic N) is 2. The lowest BCUT2D eigenvalue weighted by Crippen LogP contribution is -2.48. The van der Waals surface area contributed by atoms with E-state index in [9.17, 15) is 4.79 Å². The maximum atomic E-state index is 13.0. The molecule has 0 aliphatic carbocycles. The first-order valence-electron chi connectivity index (χ1n) is 10.1. The lowest BCUT2D eigenvalue weighted by molar-refractivity contribution is -0.160. The number of amides is 1. The van der Waals surface area contributed by atoms with Crippen LogP contribution in [-0.4, -0.2) is 60.3 Å². The van der Waals surface area contributed by atoms with Crippen molar-refractivity contribution in [3.63, 3.8) is 0 Å². The molecule has 3 rings (SSSR count). The predicted octanol–water partition coefficient (Wildman–Crippen LogP) is 2.37. The largest absolute Gasteiger partial charge is 0.459 e. The number of likely N-dealkylation sites (N-methyl/N-ethyl adjacent to an activating group) is 1. The number of carbonyl (C=O) groups is 1. The number of carbonyl (C=O) groups excluding carboxylic acids is 1. The number of benzene rings is 1. The van der Waals surface area contributed by atoms with Gasteiger partial charge >= 0.3 is 0 Å². The number of aliphatic hydroxyl groups is 1. The molecule has 2 heterocycles. The monoisotopic (exact) mass is 388 g/mol. The average Bonchev–Trinajstić information content (AvgIpc) is 2.72. The minimum Gasteiger partial charge on any atom is -0.459 e. The van der Waals surface area contributed by atoms with Crippen LogP contribution < -0.4 is 0 Å². The Morgan fingerprint density at radius 2 is 1.82 bits per heavy atom. The van der Waals surface area contributed by atoms with E-state index in [1.807, 2.05) is 35.2 Å². The number of piperazine rings is 1. The highest BCUT2D eigenvalue weighted by Crippen LogP contribution is 2.30. The van der Waals surface area contributed by atoms with Gasteiger partial charge in [0.2, 0.25) is 6.29 Å². The molecule has 1 fully saturated rings. The van der Waals surface area contributed by atoms with Gasteiger partial charge in [-0.05, 0) is 36.1 Å². The molecule has 0 bridgehead atoms. The van der Waals surface area contributed by atoms with Crippen LogP contribution in [0.25, 0.3) is 0 Å². The van der Waals surface area contributed by atoms with Gasteiger partial charge in [-0.15, -0.1) is 0 Å². The van der Waals surface area contributed by atoms with Crippen LogP contribution in [0.4, 0.5) is 0 Å². The molecule has 0 saturated carbocycles. The topological polar surface area (TPSA) is 62.2 Å². The van der Waals surface area contributed by atoms with Crippen LogP contribution in [-0.2, 0) is 27.5 Å². The van der Waals surface area contributed by atoms with Gasteiger partial charge in [0.1, 0.15) is 0 Å². The standard InChI is InChI=1S/C22H32N2O4/c1-16(2)19-12-20(22(26)24-10-8-23(3)9-11-24)28-21(13-19)27-15-18-6-4-17(14-25)5-7-18/h4-7,12,16,19,21,25H,8-11,13-15H2,1-3H3/t19-,21+/m0/s1. The zero-order valence-corrected chi connectivity index (χ0v) is 17.1. The van der Waals surface area contributed by atoms with Crippen molar-refractivity contribution in [3.8, 4) is 0 Å². The van der Waals surface area contributed by atoms with Crippen LogP contribution in [0.5, 0.6) is 0 Å². The van der Waals surface area contributed by atoms with E-state index in [-0.39, 0.29) is 18.4 Å². The Morgan fingerprint density at radius 3 is 2.43 bits per heavy atom. The van der Waals surface area contributed by atoms with Crippen molar-refractivity contribution in [2.75, 3.05) is 33.2 Å². The van der Waals surface area contributed by atoms with Crippen molar-refractivity contribution in [1.29, 1.82) is 0 Å². The molecule has 6 heteroatoms. The SMILES string of the molecule is CC(C)[C@H]1C=C(C(=O)N2CCN(C)CC2)O[C@@H](OCc2ccc(CO)cc2)C1. The molecule has 1 aromatic rings. The molecular weight excluding hydrogens is 356 g/mol. The lowest BCUT2D eigenvalue weighted by Gasteiger charge is -2.36. The average molecular weight is 389 g/mol. The third-order valence-corrected chi connectivity index (χ3v) is 5.59. The number of hydrogen-bond acceptors (Lipinski definition) is 5. The fourth-order valence-electron chi connectivity index (χ4n) is 3.50. The van der Waals surface area contributed by atoms with E-state index >= 15 is 0 Å². The predicted molar refractivity (Wildman–Crippen MR) is 107 cm³/mol. The molecule has 0 aromatic heterocycles. The maximum Gasteiger partial charge on any atom is 0.288 e. The summed E-state index contributed by atoms with van der Waals surface area (Å²) in [6.45, 7) is 8.00. The van der Waals surface area contributed by atoms with Gasteiger partial charge < -0.3 is 24.4 Å². The van der Waals surface area contributed by atoms with Crippen LogP contribution >= 0.6 is 0 Å². The lowest BCUT2D eigenvalue weighted by atomic mass is 9.90. The fraction of sp³-hybridized carbons (Fsp3) is 0.591. The molecule has 1 N–H and O–H groups in total. The highest BCUT2D eigenvalue weighted by molar-refractivity contribution is 5.91. The van der Waals surface area contributed by atoms with Crippen molar-refractivity contribution in [2.24, 2.45) is 11.8 Å². The molecule has 2 aliphatic rings. The molecular formula is C22H32N2O4. The second-order valence-corrected chi connectivity index (χ2v) is 8.10. The summed E-state index contributed by atoms with van der Waals surface area (Å²) >= 11 is 0. The highest BCUT2D eigenvalue weighted by Gasteiger charge is 2.32. The molecule has 1 aromatic carbocycles. The van der Waals surface area contributed by atoms with Crippen molar-refractivity contribution in [2.45, 2.75) is 39.8 Å². The summed E-state index contributed by atoms with van der Waals surface area (Å²) in [6, 6.07) is 7.67. The first-order valence-corrected chi connectivity index (χ1v) is 10.1. The third-order valence-electron chi connectivity index (χ3n) is 5.59. The molecule has 6 nitrogen and oxygen atoms in total. The number of aliphatic hydroxyl groups excluding tert-OH is 1. The van der Waals surface area contributed by atoms with Gasteiger partial charge in [-0.3, -0.25) is 4.79 Å². The van der Waals surface area contributed by atoms with Crippen molar-refractivity contribution < 1.29 is 19.4 Å². The molecule has 0 radical (unpaired) electrons. The molecule has 154 valence electrons. The van der Waals surface area contributed by atoms with Crippen molar-refractivity contribution in [1.82, 2.24) is 9.80 Å². The van der Waals surface area contributed by atoms with E-state index in [0.29, 0.717) is 18.3 Å². The number of hydrogen-bond donors (Lipinski definition) is 1. The smallest absolute Gasteiger partial charge is 0.288 e. The molecule has 28 heavy (non-hydrogen) atoms. The molecule has 2 atom stereocenters. The number of ether oxygens (including phenoxy) is 2. The Balaban J connectivity index is 1.63. The molecule has 1 saturated heterocycles. The summed E-state index contributed by atoms with van der Waals surface area (Å²) in [5.41, 5.74) is 1.89. The van der Waals surface area contributed by atoms with Gasteiger partial charge in [0.15, 0.2) is 5.76 Å². The highest BCUT2D eigenvalue weighted by atomic mass is 16.7. The quantitative estimate of drug-likeness (QED) is 0.811. The normalized spacial score (nSPS) is 23.5. The summed E-state index contributed by atoms with van der Waals surface area (Å²) in [7, 11) is 2.07. The summed E-state index contributed by atoms with van der Waals surface area (Å²) < 4.78 is 12.0. The Hall–Kier alpha value is -1.89. The summed E-state index contributed by atoms with van der Waals surface area (Å²) in [5.74, 6) is 1.06. The van der Waals surface area contributed by atoms with Crippen LogP contribution in [0.3, 0.4) is 0 Å². The van der Waals surface area contributed by atoms with E-state index in [1.54, 1.807) is 0 Å². The Bertz CT molecular complexity index is 678. The van der Waals surface area contributed by atoms with Gasteiger partial charge in [-0.1, -0.05) is 38.1 Å². The zero-order chi connectivity index (χ0) is 20.1. The maximum absolute atomic E-state index is 13.0. The minimum atomic E-state index is -0.429. The first kappa shape index (κ1) is 20.8. The van der Waals surface area contributed by atoms with Crippen molar-refractivity contribution in [3.05, 3.63) is 47.2 Å². The van der Waals surface area contributed by atoms with Gasteiger partial charge in [0, 0.05) is 32.6 Å². The molecule has 2 aliphatic heterocycles.